The summed E-state index contributed by atoms with van der Waals surface area (Å²) < 4.78 is 22.1. The second kappa shape index (κ2) is 7.11. The zero-order valence-electron chi connectivity index (χ0n) is 11.0. The monoisotopic (exact) mass is 353 g/mol. The van der Waals surface area contributed by atoms with Gasteiger partial charge in [-0.15, -0.1) is 0 Å². The van der Waals surface area contributed by atoms with Crippen molar-refractivity contribution in [2.45, 2.75) is 12.5 Å². The molecule has 0 saturated carbocycles. The van der Waals surface area contributed by atoms with Gasteiger partial charge in [-0.1, -0.05) is 23.2 Å². The summed E-state index contributed by atoms with van der Waals surface area (Å²) in [6.45, 7) is 0. The minimum Gasteiger partial charge on any atom is -0.480 e. The average Bonchev–Trinajstić information content (AvgIpc) is 2.32. The molecule has 1 aromatic rings. The highest BCUT2D eigenvalue weighted by molar-refractivity contribution is 7.90. The highest BCUT2D eigenvalue weighted by Crippen LogP contribution is 2.21. The Morgan fingerprint density at radius 1 is 1.33 bits per heavy atom. The molecule has 0 fully saturated rings. The molecule has 2 N–H and O–H groups in total. The largest absolute Gasteiger partial charge is 0.480 e. The molecule has 0 spiro atoms. The summed E-state index contributed by atoms with van der Waals surface area (Å²) in [4.78, 5) is 23.0. The van der Waals surface area contributed by atoms with E-state index in [0.29, 0.717) is 5.02 Å². The van der Waals surface area contributed by atoms with Crippen LogP contribution in [0.25, 0.3) is 0 Å². The van der Waals surface area contributed by atoms with Crippen LogP contribution in [0.3, 0.4) is 0 Å². The molecule has 1 rings (SSSR count). The molecule has 9 heteroatoms. The number of hydrogen-bond acceptors (Lipinski definition) is 4. The Kier molecular flexibility index (Phi) is 6.00. The topological polar surface area (TPSA) is 101 Å². The lowest BCUT2D eigenvalue weighted by molar-refractivity contribution is -0.139. The van der Waals surface area contributed by atoms with E-state index in [1.807, 2.05) is 0 Å². The molecule has 1 atom stereocenters. The Labute approximate surface area is 132 Å². The first-order valence-electron chi connectivity index (χ1n) is 5.76. The third-order valence-corrected chi connectivity index (χ3v) is 4.08. The average molecular weight is 354 g/mol. The van der Waals surface area contributed by atoms with E-state index >= 15 is 0 Å². The van der Waals surface area contributed by atoms with Gasteiger partial charge in [0.1, 0.15) is 15.9 Å². The fraction of sp³-hybridized carbons (Fsp3) is 0.333. The van der Waals surface area contributed by atoms with E-state index in [-0.39, 0.29) is 22.8 Å². The normalized spacial score (nSPS) is 12.7. The molecule has 0 saturated heterocycles. The third kappa shape index (κ3) is 5.91. The van der Waals surface area contributed by atoms with Crippen LogP contribution in [-0.4, -0.2) is 43.5 Å². The Hall–Kier alpha value is -1.31. The molecule has 21 heavy (non-hydrogen) atoms. The fourth-order valence-electron chi connectivity index (χ4n) is 1.50. The zero-order valence-corrected chi connectivity index (χ0v) is 13.3. The highest BCUT2D eigenvalue weighted by Gasteiger charge is 2.23. The molecular weight excluding hydrogens is 341 g/mol. The van der Waals surface area contributed by atoms with E-state index in [1.54, 1.807) is 0 Å². The SMILES string of the molecule is CS(=O)(=O)CC[C@H](NC(=O)c1ccc(Cl)cc1Cl)C(=O)O. The Bertz CT molecular complexity index is 660. The molecule has 0 heterocycles. The van der Waals surface area contributed by atoms with E-state index < -0.39 is 27.8 Å². The molecule has 1 amide bonds. The number of hydrogen-bond donors (Lipinski definition) is 2. The number of carboxylic acids is 1. The van der Waals surface area contributed by atoms with Crippen molar-refractivity contribution in [1.29, 1.82) is 0 Å². The second-order valence-electron chi connectivity index (χ2n) is 4.41. The van der Waals surface area contributed by atoms with Gasteiger partial charge < -0.3 is 10.4 Å². The molecule has 1 aromatic carbocycles. The second-order valence-corrected chi connectivity index (χ2v) is 7.51. The van der Waals surface area contributed by atoms with Crippen LogP contribution in [0.5, 0.6) is 0 Å². The minimum absolute atomic E-state index is 0.0617. The molecule has 0 aromatic heterocycles. The van der Waals surface area contributed by atoms with Gasteiger partial charge in [-0.2, -0.15) is 0 Å². The Balaban J connectivity index is 2.84. The van der Waals surface area contributed by atoms with Gasteiger partial charge in [0.15, 0.2) is 0 Å². The van der Waals surface area contributed by atoms with E-state index in [1.165, 1.54) is 18.2 Å². The Morgan fingerprint density at radius 3 is 2.43 bits per heavy atom. The summed E-state index contributed by atoms with van der Waals surface area (Å²) in [5, 5.41) is 11.7. The van der Waals surface area contributed by atoms with Gasteiger partial charge in [0.05, 0.1) is 16.3 Å². The number of rotatable bonds is 6. The number of carbonyl (C=O) groups is 2. The highest BCUT2D eigenvalue weighted by atomic mass is 35.5. The number of carboxylic acid groups (broad SMARTS) is 1. The van der Waals surface area contributed by atoms with Crippen LogP contribution >= 0.6 is 23.2 Å². The van der Waals surface area contributed by atoms with Crippen molar-refractivity contribution in [3.63, 3.8) is 0 Å². The van der Waals surface area contributed by atoms with Crippen LogP contribution < -0.4 is 5.32 Å². The summed E-state index contributed by atoms with van der Waals surface area (Å²) in [5.74, 6) is -2.38. The van der Waals surface area contributed by atoms with E-state index in [0.717, 1.165) is 6.26 Å². The smallest absolute Gasteiger partial charge is 0.326 e. The van der Waals surface area contributed by atoms with Crippen molar-refractivity contribution in [3.8, 4) is 0 Å². The summed E-state index contributed by atoms with van der Waals surface area (Å²) >= 11 is 11.5. The van der Waals surface area contributed by atoms with E-state index in [2.05, 4.69) is 5.32 Å². The number of carbonyl (C=O) groups excluding carboxylic acids is 1. The third-order valence-electron chi connectivity index (χ3n) is 2.56. The lowest BCUT2D eigenvalue weighted by Gasteiger charge is -2.14. The van der Waals surface area contributed by atoms with Gasteiger partial charge in [-0.25, -0.2) is 13.2 Å². The number of aliphatic carboxylic acids is 1. The van der Waals surface area contributed by atoms with Crippen molar-refractivity contribution in [2.24, 2.45) is 0 Å². The van der Waals surface area contributed by atoms with Crippen molar-refractivity contribution in [2.75, 3.05) is 12.0 Å². The molecular formula is C12H13Cl2NO5S. The maximum atomic E-state index is 12.0. The number of amides is 1. The van der Waals surface area contributed by atoms with Crippen LogP contribution in [-0.2, 0) is 14.6 Å². The maximum Gasteiger partial charge on any atom is 0.326 e. The first kappa shape index (κ1) is 17.7. The van der Waals surface area contributed by atoms with Crippen molar-refractivity contribution in [1.82, 2.24) is 5.32 Å². The summed E-state index contributed by atoms with van der Waals surface area (Å²) in [7, 11) is -3.33. The van der Waals surface area contributed by atoms with Gasteiger partial charge in [0, 0.05) is 11.3 Å². The fourth-order valence-corrected chi connectivity index (χ4v) is 2.66. The molecule has 6 nitrogen and oxygen atoms in total. The van der Waals surface area contributed by atoms with Crippen molar-refractivity contribution < 1.29 is 23.1 Å². The van der Waals surface area contributed by atoms with Gasteiger partial charge in [0.2, 0.25) is 0 Å². The van der Waals surface area contributed by atoms with E-state index in [9.17, 15) is 18.0 Å². The van der Waals surface area contributed by atoms with Gasteiger partial charge >= 0.3 is 5.97 Å². The summed E-state index contributed by atoms with van der Waals surface area (Å²) in [6.07, 6.45) is 0.759. The number of sulfone groups is 1. The van der Waals surface area contributed by atoms with Crippen LogP contribution in [0.15, 0.2) is 18.2 Å². The maximum absolute atomic E-state index is 12.0. The number of benzene rings is 1. The summed E-state index contributed by atoms with van der Waals surface area (Å²) in [5.41, 5.74) is 0.0617. The molecule has 0 radical (unpaired) electrons. The molecule has 0 aliphatic carbocycles. The van der Waals surface area contributed by atoms with Gasteiger partial charge in [-0.3, -0.25) is 4.79 Å². The van der Waals surface area contributed by atoms with Gasteiger partial charge in [0.25, 0.3) is 5.91 Å². The summed E-state index contributed by atoms with van der Waals surface area (Å²) in [6, 6.07) is 2.83. The van der Waals surface area contributed by atoms with Crippen molar-refractivity contribution >= 4 is 44.9 Å². The molecule has 0 aliphatic rings. The minimum atomic E-state index is -3.33. The van der Waals surface area contributed by atoms with E-state index in [4.69, 9.17) is 28.3 Å². The number of nitrogens with one attached hydrogen (secondary N) is 1. The van der Waals surface area contributed by atoms with Crippen LogP contribution in [0.4, 0.5) is 0 Å². The lowest BCUT2D eigenvalue weighted by atomic mass is 10.1. The van der Waals surface area contributed by atoms with Crippen molar-refractivity contribution in [3.05, 3.63) is 33.8 Å². The zero-order chi connectivity index (χ0) is 16.2. The molecule has 0 unspecified atom stereocenters. The molecule has 0 bridgehead atoms. The predicted molar refractivity (Wildman–Crippen MR) is 79.7 cm³/mol. The predicted octanol–water partition coefficient (Wildman–Crippen LogP) is 1.61. The van der Waals surface area contributed by atoms with Gasteiger partial charge in [-0.05, 0) is 24.6 Å². The first-order valence-corrected chi connectivity index (χ1v) is 8.58. The van der Waals surface area contributed by atoms with Crippen LogP contribution in [0, 0.1) is 0 Å². The van der Waals surface area contributed by atoms with Crippen LogP contribution in [0.2, 0.25) is 10.0 Å². The quantitative estimate of drug-likeness (QED) is 0.808. The first-order chi connectivity index (χ1) is 9.60. The molecule has 116 valence electrons. The standard InChI is InChI=1S/C12H13Cl2NO5S/c1-21(19,20)5-4-10(12(17)18)15-11(16)8-3-2-7(13)6-9(8)14/h2-3,6,10H,4-5H2,1H3,(H,15,16)(H,17,18)/t10-/m0/s1. The Morgan fingerprint density at radius 2 is 1.95 bits per heavy atom. The van der Waals surface area contributed by atoms with Crippen LogP contribution in [0.1, 0.15) is 16.8 Å². The number of halogens is 2. The molecule has 0 aliphatic heterocycles. The lowest BCUT2D eigenvalue weighted by Crippen LogP contribution is -2.42.